The smallest absolute Gasteiger partial charge is 0.224 e. The molecule has 5 heteroatoms. The maximum atomic E-state index is 4.36. The van der Waals surface area contributed by atoms with Crippen molar-refractivity contribution in [3.63, 3.8) is 0 Å². The van der Waals surface area contributed by atoms with Gasteiger partial charge in [0.05, 0.1) is 6.54 Å². The van der Waals surface area contributed by atoms with Gasteiger partial charge in [0.15, 0.2) is 0 Å². The van der Waals surface area contributed by atoms with Crippen LogP contribution in [0.1, 0.15) is 16.7 Å². The topological polar surface area (TPSA) is 49.8 Å². The van der Waals surface area contributed by atoms with Crippen molar-refractivity contribution in [3.05, 3.63) is 34.2 Å². The molecule has 0 aromatic carbocycles. The molecular weight excluding hydrogens is 232 g/mol. The normalized spacial score (nSPS) is 10.2. The van der Waals surface area contributed by atoms with Gasteiger partial charge in [-0.05, 0) is 32.0 Å². The molecule has 0 atom stereocenters. The van der Waals surface area contributed by atoms with Crippen LogP contribution in [0.2, 0.25) is 0 Å². The van der Waals surface area contributed by atoms with E-state index in [9.17, 15) is 0 Å². The van der Waals surface area contributed by atoms with E-state index in [1.165, 1.54) is 9.75 Å². The average Bonchev–Trinajstić information content (AvgIpc) is 2.74. The van der Waals surface area contributed by atoms with Crippen molar-refractivity contribution in [3.8, 4) is 0 Å². The number of rotatable bonds is 5. The van der Waals surface area contributed by atoms with Gasteiger partial charge in [-0.3, -0.25) is 0 Å². The fraction of sp³-hybridized carbons (Fsp3) is 0.333. The highest BCUT2D eigenvalue weighted by atomic mass is 32.1. The van der Waals surface area contributed by atoms with Crippen molar-refractivity contribution in [1.29, 1.82) is 0 Å². The molecular formula is C12H16N4S. The molecule has 0 spiro atoms. The Bertz CT molecular complexity index is 481. The van der Waals surface area contributed by atoms with Crippen LogP contribution in [0, 0.1) is 6.92 Å². The second-order valence-electron chi connectivity index (χ2n) is 3.66. The van der Waals surface area contributed by atoms with E-state index in [1.54, 1.807) is 17.5 Å². The Morgan fingerprint density at radius 3 is 2.82 bits per heavy atom. The molecule has 0 saturated carbocycles. The van der Waals surface area contributed by atoms with Crippen molar-refractivity contribution in [2.75, 3.05) is 17.2 Å². The predicted octanol–water partition coefficient (Wildman–Crippen LogP) is 2.89. The van der Waals surface area contributed by atoms with Gasteiger partial charge in [0.2, 0.25) is 5.95 Å². The molecule has 2 aromatic rings. The molecule has 0 amide bonds. The van der Waals surface area contributed by atoms with Gasteiger partial charge >= 0.3 is 0 Å². The third-order valence-corrected chi connectivity index (χ3v) is 3.23. The first kappa shape index (κ1) is 11.9. The number of anilines is 2. The number of aromatic nitrogens is 2. The first-order valence-electron chi connectivity index (χ1n) is 5.64. The quantitative estimate of drug-likeness (QED) is 0.854. The van der Waals surface area contributed by atoms with Crippen molar-refractivity contribution >= 4 is 23.1 Å². The van der Waals surface area contributed by atoms with Gasteiger partial charge in [-0.2, -0.15) is 4.98 Å². The van der Waals surface area contributed by atoms with Crippen LogP contribution in [0.3, 0.4) is 0 Å². The standard InChI is InChI=1S/C12H16N4S/c1-3-13-12-14-7-6-11(16-12)15-8-10-5-4-9(2)17-10/h4-7H,3,8H2,1-2H3,(H2,13,14,15,16). The van der Waals surface area contributed by atoms with E-state index < -0.39 is 0 Å². The van der Waals surface area contributed by atoms with Crippen LogP contribution in [0.25, 0.3) is 0 Å². The van der Waals surface area contributed by atoms with Gasteiger partial charge in [0.1, 0.15) is 5.82 Å². The SMILES string of the molecule is CCNc1nccc(NCc2ccc(C)s2)n1. The Balaban J connectivity index is 1.96. The van der Waals surface area contributed by atoms with Crippen LogP contribution in [-0.4, -0.2) is 16.5 Å². The predicted molar refractivity (Wildman–Crippen MR) is 72.6 cm³/mol. The molecule has 0 aliphatic heterocycles. The molecule has 0 fully saturated rings. The first-order chi connectivity index (χ1) is 8.28. The molecule has 0 aliphatic rings. The Morgan fingerprint density at radius 1 is 1.24 bits per heavy atom. The molecule has 2 N–H and O–H groups in total. The van der Waals surface area contributed by atoms with Crippen LogP contribution in [0.5, 0.6) is 0 Å². The molecule has 2 rings (SSSR count). The van der Waals surface area contributed by atoms with Crippen LogP contribution in [-0.2, 0) is 6.54 Å². The minimum absolute atomic E-state index is 0.667. The Hall–Kier alpha value is -1.62. The van der Waals surface area contributed by atoms with E-state index >= 15 is 0 Å². The zero-order chi connectivity index (χ0) is 12.1. The van der Waals surface area contributed by atoms with Gasteiger partial charge in [0.25, 0.3) is 0 Å². The lowest BCUT2D eigenvalue weighted by Gasteiger charge is -2.06. The summed E-state index contributed by atoms with van der Waals surface area (Å²) < 4.78 is 0. The molecule has 4 nitrogen and oxygen atoms in total. The molecule has 0 radical (unpaired) electrons. The van der Waals surface area contributed by atoms with Crippen LogP contribution < -0.4 is 10.6 Å². The van der Waals surface area contributed by atoms with Gasteiger partial charge < -0.3 is 10.6 Å². The molecule has 0 unspecified atom stereocenters. The fourth-order valence-corrected chi connectivity index (χ4v) is 2.29. The lowest BCUT2D eigenvalue weighted by atomic mass is 10.4. The Kier molecular flexibility index (Phi) is 3.93. The van der Waals surface area contributed by atoms with Gasteiger partial charge in [-0.25, -0.2) is 4.98 Å². The summed E-state index contributed by atoms with van der Waals surface area (Å²) in [4.78, 5) is 11.1. The number of hydrogen-bond acceptors (Lipinski definition) is 5. The highest BCUT2D eigenvalue weighted by Gasteiger charge is 1.99. The van der Waals surface area contributed by atoms with E-state index in [4.69, 9.17) is 0 Å². The molecule has 2 heterocycles. The van der Waals surface area contributed by atoms with Crippen LogP contribution in [0.15, 0.2) is 24.4 Å². The zero-order valence-corrected chi connectivity index (χ0v) is 10.8. The zero-order valence-electron chi connectivity index (χ0n) is 10.0. The summed E-state index contributed by atoms with van der Waals surface area (Å²) in [6.45, 7) is 5.77. The molecule has 90 valence electrons. The third-order valence-electron chi connectivity index (χ3n) is 2.23. The van der Waals surface area contributed by atoms with Crippen molar-refractivity contribution in [2.45, 2.75) is 20.4 Å². The second-order valence-corrected chi connectivity index (χ2v) is 5.03. The minimum atomic E-state index is 0.667. The molecule has 17 heavy (non-hydrogen) atoms. The minimum Gasteiger partial charge on any atom is -0.365 e. The van der Waals surface area contributed by atoms with E-state index in [2.05, 4.69) is 39.7 Å². The molecule has 0 saturated heterocycles. The summed E-state index contributed by atoms with van der Waals surface area (Å²) in [5.74, 6) is 1.52. The summed E-state index contributed by atoms with van der Waals surface area (Å²) in [5, 5.41) is 6.38. The van der Waals surface area contributed by atoms with Crippen molar-refractivity contribution in [2.24, 2.45) is 0 Å². The Morgan fingerprint density at radius 2 is 2.12 bits per heavy atom. The summed E-state index contributed by atoms with van der Waals surface area (Å²) in [6, 6.07) is 6.15. The number of thiophene rings is 1. The van der Waals surface area contributed by atoms with E-state index in [1.807, 2.05) is 13.0 Å². The molecule has 2 aromatic heterocycles. The Labute approximate surface area is 105 Å². The maximum absolute atomic E-state index is 4.36. The molecule has 0 bridgehead atoms. The number of hydrogen-bond donors (Lipinski definition) is 2. The summed E-state index contributed by atoms with van der Waals surface area (Å²) in [5.41, 5.74) is 0. The summed E-state index contributed by atoms with van der Waals surface area (Å²) in [7, 11) is 0. The average molecular weight is 248 g/mol. The fourth-order valence-electron chi connectivity index (χ4n) is 1.46. The largest absolute Gasteiger partial charge is 0.365 e. The third kappa shape index (κ3) is 3.42. The monoisotopic (exact) mass is 248 g/mol. The van der Waals surface area contributed by atoms with Crippen LogP contribution in [0.4, 0.5) is 11.8 Å². The summed E-state index contributed by atoms with van der Waals surface area (Å²) >= 11 is 1.80. The lowest BCUT2D eigenvalue weighted by Crippen LogP contribution is -2.05. The van der Waals surface area contributed by atoms with Crippen molar-refractivity contribution < 1.29 is 0 Å². The number of aryl methyl sites for hydroxylation is 1. The van der Waals surface area contributed by atoms with Gasteiger partial charge in [-0.15, -0.1) is 11.3 Å². The van der Waals surface area contributed by atoms with E-state index in [0.717, 1.165) is 18.9 Å². The first-order valence-corrected chi connectivity index (χ1v) is 6.45. The van der Waals surface area contributed by atoms with E-state index in [0.29, 0.717) is 5.95 Å². The van der Waals surface area contributed by atoms with Crippen LogP contribution >= 0.6 is 11.3 Å². The lowest BCUT2D eigenvalue weighted by molar-refractivity contribution is 1.06. The second kappa shape index (κ2) is 5.63. The maximum Gasteiger partial charge on any atom is 0.224 e. The molecule has 0 aliphatic carbocycles. The number of nitrogens with zero attached hydrogens (tertiary/aromatic N) is 2. The van der Waals surface area contributed by atoms with E-state index in [-0.39, 0.29) is 0 Å². The summed E-state index contributed by atoms with van der Waals surface area (Å²) in [6.07, 6.45) is 1.76. The highest BCUT2D eigenvalue weighted by molar-refractivity contribution is 7.11. The van der Waals surface area contributed by atoms with Gasteiger partial charge in [-0.1, -0.05) is 0 Å². The highest BCUT2D eigenvalue weighted by Crippen LogP contribution is 2.16. The van der Waals surface area contributed by atoms with Crippen molar-refractivity contribution in [1.82, 2.24) is 9.97 Å². The van der Waals surface area contributed by atoms with Gasteiger partial charge in [0, 0.05) is 22.5 Å². The number of nitrogens with one attached hydrogen (secondary N) is 2.